The number of anilines is 3. The summed E-state index contributed by atoms with van der Waals surface area (Å²) in [6, 6.07) is 7.31. The van der Waals surface area contributed by atoms with E-state index in [1.165, 1.54) is 10.9 Å². The lowest BCUT2D eigenvalue weighted by Crippen LogP contribution is -2.38. The molecular formula is C24H33N9O2S. The zero-order chi connectivity index (χ0) is 25.5. The third-order valence-electron chi connectivity index (χ3n) is 6.18. The first kappa shape index (κ1) is 25.8. The highest BCUT2D eigenvalue weighted by Gasteiger charge is 2.22. The van der Waals surface area contributed by atoms with Crippen LogP contribution in [-0.4, -0.2) is 69.7 Å². The van der Waals surface area contributed by atoms with Crippen LogP contribution in [0.1, 0.15) is 28.2 Å². The van der Waals surface area contributed by atoms with Gasteiger partial charge in [-0.15, -0.1) is 11.3 Å². The van der Waals surface area contributed by atoms with Crippen molar-refractivity contribution in [3.63, 3.8) is 0 Å². The second kappa shape index (κ2) is 12.1. The molecular weight excluding hydrogens is 478 g/mol. The van der Waals surface area contributed by atoms with Crippen LogP contribution in [0, 0.1) is 5.92 Å². The third kappa shape index (κ3) is 6.66. The molecule has 36 heavy (non-hydrogen) atoms. The molecule has 3 aromatic rings. The van der Waals surface area contributed by atoms with Crippen LogP contribution in [0.25, 0.3) is 10.7 Å². The number of likely N-dealkylation sites (tertiary alicyclic amines) is 1. The van der Waals surface area contributed by atoms with E-state index in [-0.39, 0.29) is 41.9 Å². The minimum atomic E-state index is -0.755. The molecule has 0 spiro atoms. The molecule has 1 aliphatic heterocycles. The molecule has 1 atom stereocenters. The highest BCUT2D eigenvalue weighted by Crippen LogP contribution is 2.26. The molecule has 192 valence electrons. The number of nitrogen functional groups attached to an aromatic ring is 2. The van der Waals surface area contributed by atoms with E-state index in [9.17, 15) is 9.90 Å². The van der Waals surface area contributed by atoms with E-state index in [1.54, 1.807) is 17.5 Å². The Kier molecular flexibility index (Phi) is 8.65. The summed E-state index contributed by atoms with van der Waals surface area (Å²) < 4.78 is 0. The summed E-state index contributed by atoms with van der Waals surface area (Å²) in [4.78, 5) is 29.6. The Morgan fingerprint density at radius 2 is 2.06 bits per heavy atom. The highest BCUT2D eigenvalue weighted by atomic mass is 32.1. The van der Waals surface area contributed by atoms with Gasteiger partial charge in [-0.3, -0.25) is 14.7 Å². The molecule has 9 N–H and O–H groups in total. The first-order valence-corrected chi connectivity index (χ1v) is 12.8. The van der Waals surface area contributed by atoms with Crippen LogP contribution in [0.5, 0.6) is 0 Å². The van der Waals surface area contributed by atoms with Gasteiger partial charge in [0, 0.05) is 43.4 Å². The second-order valence-electron chi connectivity index (χ2n) is 8.91. The Morgan fingerprint density at radius 1 is 1.25 bits per heavy atom. The molecule has 0 saturated carbocycles. The van der Waals surface area contributed by atoms with Crippen LogP contribution in [0.3, 0.4) is 0 Å². The van der Waals surface area contributed by atoms with E-state index in [2.05, 4.69) is 30.5 Å². The van der Waals surface area contributed by atoms with E-state index in [0.717, 1.165) is 43.2 Å². The van der Waals surface area contributed by atoms with Gasteiger partial charge >= 0.3 is 0 Å². The molecule has 4 rings (SSSR count). The number of nitrogens with two attached hydrogens (primary N) is 3. The number of hydrogen-bond donors (Lipinski definition) is 6. The maximum Gasteiger partial charge on any atom is 0.270 e. The Balaban J connectivity index is 1.24. The van der Waals surface area contributed by atoms with Crippen molar-refractivity contribution in [2.24, 2.45) is 11.7 Å². The zero-order valence-corrected chi connectivity index (χ0v) is 20.9. The summed E-state index contributed by atoms with van der Waals surface area (Å²) in [5.41, 5.74) is 18.9. The van der Waals surface area contributed by atoms with E-state index >= 15 is 0 Å². The molecule has 4 heterocycles. The molecule has 12 heteroatoms. The predicted octanol–water partition coefficient (Wildman–Crippen LogP) is 1.14. The summed E-state index contributed by atoms with van der Waals surface area (Å²) in [6.07, 6.45) is 4.95. The number of piperidine rings is 1. The van der Waals surface area contributed by atoms with Gasteiger partial charge in [0.25, 0.3) is 5.91 Å². The van der Waals surface area contributed by atoms with Crippen molar-refractivity contribution >= 4 is 34.4 Å². The minimum absolute atomic E-state index is 0.0950. The van der Waals surface area contributed by atoms with Gasteiger partial charge in [0.15, 0.2) is 5.82 Å². The van der Waals surface area contributed by atoms with Crippen molar-refractivity contribution < 1.29 is 9.90 Å². The standard InChI is InChI=1S/C24H33N9O2S/c25-10-16(34)12-29-22-21(27)18(26)9-20(32-22)23(35)30-11-15-4-7-33(8-5-15)14-17-13-31-24(36-17)19-3-1-2-6-28-19/h1-3,6,9,13,15-16,34H,4-5,7-8,10-12,14,25,27H2,(H,30,35)(H3,26,29,32). The van der Waals surface area contributed by atoms with Crippen LogP contribution >= 0.6 is 11.3 Å². The molecule has 0 aliphatic carbocycles. The fourth-order valence-electron chi connectivity index (χ4n) is 4.01. The number of rotatable bonds is 10. The monoisotopic (exact) mass is 511 g/mol. The highest BCUT2D eigenvalue weighted by molar-refractivity contribution is 7.14. The Hall–Kier alpha value is -3.32. The SMILES string of the molecule is NCC(O)CNc1nc(C(=O)NCC2CCN(Cc3cnc(-c4ccccn4)s3)CC2)cc(N)c1N. The lowest BCUT2D eigenvalue weighted by Gasteiger charge is -2.31. The molecule has 0 aromatic carbocycles. The molecule has 1 amide bonds. The van der Waals surface area contributed by atoms with E-state index in [4.69, 9.17) is 17.2 Å². The van der Waals surface area contributed by atoms with Crippen molar-refractivity contribution in [2.45, 2.75) is 25.5 Å². The number of pyridine rings is 2. The normalized spacial score (nSPS) is 15.5. The number of nitrogens with zero attached hydrogens (tertiary/aromatic N) is 4. The molecule has 3 aromatic heterocycles. The van der Waals surface area contributed by atoms with Crippen molar-refractivity contribution in [2.75, 3.05) is 49.5 Å². The average molecular weight is 512 g/mol. The number of carbonyl (C=O) groups excluding carboxylic acids is 1. The Labute approximate surface area is 214 Å². The number of aromatic nitrogens is 3. The number of amides is 1. The number of hydrogen-bond acceptors (Lipinski definition) is 11. The third-order valence-corrected chi connectivity index (χ3v) is 7.18. The molecule has 0 bridgehead atoms. The van der Waals surface area contributed by atoms with Gasteiger partial charge in [-0.25, -0.2) is 9.97 Å². The molecule has 0 radical (unpaired) electrons. The van der Waals surface area contributed by atoms with Gasteiger partial charge in [-0.1, -0.05) is 6.07 Å². The Bertz CT molecular complexity index is 1150. The zero-order valence-electron chi connectivity index (χ0n) is 20.1. The quantitative estimate of drug-likeness (QED) is 0.231. The lowest BCUT2D eigenvalue weighted by molar-refractivity contribution is 0.0930. The number of thiazole rings is 1. The van der Waals surface area contributed by atoms with Crippen LogP contribution < -0.4 is 27.8 Å². The predicted molar refractivity (Wildman–Crippen MR) is 142 cm³/mol. The lowest BCUT2D eigenvalue weighted by atomic mass is 9.96. The topological polar surface area (TPSA) is 181 Å². The van der Waals surface area contributed by atoms with Gasteiger partial charge in [-0.05, 0) is 50.0 Å². The summed E-state index contributed by atoms with van der Waals surface area (Å²) in [5, 5.41) is 16.5. The summed E-state index contributed by atoms with van der Waals surface area (Å²) in [5.74, 6) is 0.340. The second-order valence-corrected chi connectivity index (χ2v) is 10.0. The smallest absolute Gasteiger partial charge is 0.270 e. The van der Waals surface area contributed by atoms with Gasteiger partial charge in [-0.2, -0.15) is 0 Å². The van der Waals surface area contributed by atoms with E-state index in [1.807, 2.05) is 24.4 Å². The van der Waals surface area contributed by atoms with Crippen LogP contribution in [0.4, 0.5) is 17.2 Å². The maximum atomic E-state index is 12.7. The molecule has 1 aliphatic rings. The fraction of sp³-hybridized carbons (Fsp3) is 0.417. The van der Waals surface area contributed by atoms with Gasteiger partial charge < -0.3 is 32.9 Å². The summed E-state index contributed by atoms with van der Waals surface area (Å²) in [7, 11) is 0. The van der Waals surface area contributed by atoms with Crippen molar-refractivity contribution in [3.8, 4) is 10.7 Å². The van der Waals surface area contributed by atoms with Crippen LogP contribution in [0.2, 0.25) is 0 Å². The number of aliphatic hydroxyl groups is 1. The number of nitrogens with one attached hydrogen (secondary N) is 2. The van der Waals surface area contributed by atoms with Crippen molar-refractivity contribution in [1.82, 2.24) is 25.2 Å². The van der Waals surface area contributed by atoms with Crippen molar-refractivity contribution in [1.29, 1.82) is 0 Å². The maximum absolute atomic E-state index is 12.7. The Morgan fingerprint density at radius 3 is 2.78 bits per heavy atom. The summed E-state index contributed by atoms with van der Waals surface area (Å²) in [6.45, 7) is 3.61. The number of carbonyl (C=O) groups is 1. The largest absolute Gasteiger partial charge is 0.397 e. The van der Waals surface area contributed by atoms with Gasteiger partial charge in [0.2, 0.25) is 0 Å². The average Bonchev–Trinajstić information content (AvgIpc) is 3.37. The first-order chi connectivity index (χ1) is 17.4. The van der Waals surface area contributed by atoms with Gasteiger partial charge in [0.1, 0.15) is 10.7 Å². The molecule has 1 unspecified atom stereocenters. The van der Waals surface area contributed by atoms with E-state index in [0.29, 0.717) is 12.5 Å². The molecule has 11 nitrogen and oxygen atoms in total. The minimum Gasteiger partial charge on any atom is -0.397 e. The first-order valence-electron chi connectivity index (χ1n) is 12.0. The van der Waals surface area contributed by atoms with Crippen molar-refractivity contribution in [3.05, 3.63) is 47.2 Å². The molecule has 1 saturated heterocycles. The van der Waals surface area contributed by atoms with Gasteiger partial charge in [0.05, 0.1) is 23.2 Å². The van der Waals surface area contributed by atoms with Crippen LogP contribution in [-0.2, 0) is 6.54 Å². The van der Waals surface area contributed by atoms with E-state index < -0.39 is 6.10 Å². The van der Waals surface area contributed by atoms with Crippen LogP contribution in [0.15, 0.2) is 36.7 Å². The molecule has 1 fully saturated rings. The summed E-state index contributed by atoms with van der Waals surface area (Å²) >= 11 is 1.68. The number of aliphatic hydroxyl groups excluding tert-OH is 1. The fourth-order valence-corrected chi connectivity index (χ4v) is 4.94.